The molecule has 6 heterocycles. The number of nitrogens with two attached hydrogens (primary N) is 1. The Bertz CT molecular complexity index is 2110. The fourth-order valence-electron chi connectivity index (χ4n) is 4.79. The van der Waals surface area contributed by atoms with Gasteiger partial charge in [-0.3, -0.25) is 19.0 Å². The number of hydrogen-bond donors (Lipinski definition) is 2. The molecule has 0 aliphatic carbocycles. The minimum absolute atomic E-state index is 0.0674. The molecule has 0 fully saturated rings. The highest BCUT2D eigenvalue weighted by Crippen LogP contribution is 2.44. The molecule has 0 spiro atoms. The van der Waals surface area contributed by atoms with Crippen LogP contribution in [-0.4, -0.2) is 51.0 Å². The molecule has 0 aliphatic rings. The number of carbonyl (C=O) groups excluding carboxylic acids is 2. The monoisotopic (exact) mass is 686 g/mol. The van der Waals surface area contributed by atoms with E-state index in [0.717, 1.165) is 6.07 Å². The maximum atomic E-state index is 13.9. The molecule has 0 bridgehead atoms. The number of thiophene rings is 1. The summed E-state index contributed by atoms with van der Waals surface area (Å²) in [6.45, 7) is 6.54. The van der Waals surface area contributed by atoms with Crippen molar-refractivity contribution in [2.75, 3.05) is 5.32 Å². The molecule has 3 N–H and O–H groups in total. The predicted molar refractivity (Wildman–Crippen MR) is 160 cm³/mol. The zero-order chi connectivity index (χ0) is 31.5. The van der Waals surface area contributed by atoms with Gasteiger partial charge in [-0.05, 0) is 54.4 Å². The van der Waals surface area contributed by atoms with Crippen molar-refractivity contribution in [3.8, 4) is 22.5 Å². The number of halogens is 4. The number of aryl methyl sites for hydroxylation is 3. The number of fused-ring (bicyclic) bond motifs is 2. The van der Waals surface area contributed by atoms with Crippen LogP contribution in [0.3, 0.4) is 0 Å². The van der Waals surface area contributed by atoms with Gasteiger partial charge in [-0.15, -0.1) is 11.3 Å². The number of aromatic nitrogens is 8. The lowest BCUT2D eigenvalue weighted by atomic mass is 10.0. The molecular weight excluding hydrogens is 665 g/mol. The van der Waals surface area contributed by atoms with Gasteiger partial charge in [0.2, 0.25) is 0 Å². The van der Waals surface area contributed by atoms with Crippen molar-refractivity contribution in [2.24, 2.45) is 5.73 Å². The fraction of sp³-hybridized carbons (Fsp3) is 0.222. The van der Waals surface area contributed by atoms with Crippen LogP contribution < -0.4 is 11.1 Å². The Morgan fingerprint density at radius 1 is 1.07 bits per heavy atom. The van der Waals surface area contributed by atoms with E-state index in [1.807, 2.05) is 20.0 Å². The number of carbonyl (C=O) groups is 2. The molecule has 6 aromatic heterocycles. The molecule has 6 rings (SSSR count). The van der Waals surface area contributed by atoms with E-state index in [1.54, 1.807) is 34.7 Å². The van der Waals surface area contributed by atoms with Gasteiger partial charge in [0.05, 0.1) is 21.5 Å². The molecule has 0 aromatic carbocycles. The number of anilines is 1. The highest BCUT2D eigenvalue weighted by molar-refractivity contribution is 9.10. The number of nitrogens with zero attached hydrogens (tertiary/aromatic N) is 8. The average Bonchev–Trinajstić information content (AvgIpc) is 3.75. The van der Waals surface area contributed by atoms with E-state index in [-0.39, 0.29) is 32.0 Å². The molecule has 44 heavy (non-hydrogen) atoms. The zero-order valence-electron chi connectivity index (χ0n) is 23.3. The molecule has 0 aliphatic heterocycles. The van der Waals surface area contributed by atoms with Crippen LogP contribution in [0.4, 0.5) is 18.9 Å². The van der Waals surface area contributed by atoms with Crippen LogP contribution >= 0.6 is 27.3 Å². The van der Waals surface area contributed by atoms with Gasteiger partial charge in [-0.25, -0.2) is 14.5 Å². The lowest BCUT2D eigenvalue weighted by molar-refractivity contribution is -0.140. The average molecular weight is 688 g/mol. The molecule has 0 unspecified atom stereocenters. The van der Waals surface area contributed by atoms with Crippen molar-refractivity contribution in [3.63, 3.8) is 0 Å². The van der Waals surface area contributed by atoms with Crippen molar-refractivity contribution in [1.82, 2.24) is 39.1 Å². The van der Waals surface area contributed by atoms with E-state index in [2.05, 4.69) is 46.5 Å². The largest absolute Gasteiger partial charge is 0.433 e. The summed E-state index contributed by atoms with van der Waals surface area (Å²) in [6, 6.07) is 4.02. The third kappa shape index (κ3) is 5.00. The Morgan fingerprint density at radius 2 is 1.80 bits per heavy atom. The van der Waals surface area contributed by atoms with Crippen molar-refractivity contribution in [2.45, 2.75) is 40.0 Å². The topological polar surface area (TPSA) is 151 Å². The molecule has 226 valence electrons. The number of rotatable bonds is 7. The SMILES string of the molecule is CCn1cc(-c2cc(C(F)(F)F)nc3sc(C(N)=O)c(NC(=O)c4cc5nccc(-c6nn(CC)cc6Br)n5n4)c23)c(C)n1. The number of hydrogen-bond acceptors (Lipinski definition) is 8. The van der Waals surface area contributed by atoms with Crippen LogP contribution in [0.15, 0.2) is 41.3 Å². The summed E-state index contributed by atoms with van der Waals surface area (Å²) < 4.78 is 47.2. The van der Waals surface area contributed by atoms with Gasteiger partial charge in [-0.1, -0.05) is 0 Å². The van der Waals surface area contributed by atoms with E-state index in [4.69, 9.17) is 5.73 Å². The second-order valence-electron chi connectivity index (χ2n) is 9.65. The Balaban J connectivity index is 1.50. The third-order valence-electron chi connectivity index (χ3n) is 6.85. The minimum atomic E-state index is -4.78. The fourth-order valence-corrected chi connectivity index (χ4v) is 6.31. The molecule has 0 atom stereocenters. The van der Waals surface area contributed by atoms with Gasteiger partial charge in [0, 0.05) is 48.7 Å². The number of primary amides is 1. The first-order valence-corrected chi connectivity index (χ1v) is 14.8. The van der Waals surface area contributed by atoms with Gasteiger partial charge in [0.25, 0.3) is 11.8 Å². The van der Waals surface area contributed by atoms with Gasteiger partial charge in [0.1, 0.15) is 21.1 Å². The van der Waals surface area contributed by atoms with Crippen molar-refractivity contribution >= 4 is 60.6 Å². The summed E-state index contributed by atoms with van der Waals surface area (Å²) >= 11 is 4.16. The van der Waals surface area contributed by atoms with Crippen molar-refractivity contribution in [1.29, 1.82) is 0 Å². The van der Waals surface area contributed by atoms with Gasteiger partial charge in [-0.2, -0.15) is 28.5 Å². The normalized spacial score (nSPS) is 12.0. The van der Waals surface area contributed by atoms with E-state index in [0.29, 0.717) is 57.2 Å². The first-order valence-electron chi connectivity index (χ1n) is 13.2. The second kappa shape index (κ2) is 10.8. The molecular formula is C27H22BrF3N10O2S. The standard InChI is InChI=1S/C27H22BrF3N10O2S/c1-4-39-10-14(12(3)36-39)13-8-18(27(29,30)31)34-26-20(13)22(23(44-26)24(32)42)35-25(43)16-9-19-33-7-6-17(41(19)37-16)21-15(28)11-40(5-2)38-21/h6-11H,4-5H2,1-3H3,(H2,32,42)(H,35,43). The maximum absolute atomic E-state index is 13.9. The van der Waals surface area contributed by atoms with Crippen LogP contribution in [0, 0.1) is 6.92 Å². The summed E-state index contributed by atoms with van der Waals surface area (Å²) in [5.74, 6) is -1.69. The Kier molecular flexibility index (Phi) is 7.23. The summed E-state index contributed by atoms with van der Waals surface area (Å²) in [7, 11) is 0. The van der Waals surface area contributed by atoms with E-state index in [9.17, 15) is 22.8 Å². The lowest BCUT2D eigenvalue weighted by Gasteiger charge is -2.11. The smallest absolute Gasteiger partial charge is 0.365 e. The molecule has 0 saturated heterocycles. The molecule has 12 nitrogen and oxygen atoms in total. The van der Waals surface area contributed by atoms with Gasteiger partial charge >= 0.3 is 6.18 Å². The first kappa shape index (κ1) is 29.4. The van der Waals surface area contributed by atoms with Gasteiger partial charge in [0.15, 0.2) is 11.3 Å². The number of alkyl halides is 3. The Morgan fingerprint density at radius 3 is 2.43 bits per heavy atom. The number of amides is 2. The summed E-state index contributed by atoms with van der Waals surface area (Å²) in [4.78, 5) is 34.0. The van der Waals surface area contributed by atoms with E-state index >= 15 is 0 Å². The number of pyridine rings is 1. The first-order chi connectivity index (χ1) is 20.9. The molecule has 17 heteroatoms. The molecule has 2 amide bonds. The molecule has 6 aromatic rings. The van der Waals surface area contributed by atoms with Crippen LogP contribution in [0.1, 0.15) is 45.4 Å². The maximum Gasteiger partial charge on any atom is 0.433 e. The minimum Gasteiger partial charge on any atom is -0.365 e. The van der Waals surface area contributed by atoms with E-state index in [1.165, 1.54) is 10.6 Å². The highest BCUT2D eigenvalue weighted by atomic mass is 79.9. The zero-order valence-corrected chi connectivity index (χ0v) is 25.7. The van der Waals surface area contributed by atoms with Crippen LogP contribution in [-0.2, 0) is 19.3 Å². The van der Waals surface area contributed by atoms with Crippen molar-refractivity contribution in [3.05, 3.63) is 63.2 Å². The van der Waals surface area contributed by atoms with Crippen molar-refractivity contribution < 1.29 is 22.8 Å². The third-order valence-corrected chi connectivity index (χ3v) is 8.53. The van der Waals surface area contributed by atoms with Crippen LogP contribution in [0.25, 0.3) is 38.4 Å². The quantitative estimate of drug-likeness (QED) is 0.224. The highest BCUT2D eigenvalue weighted by Gasteiger charge is 2.35. The Hall–Kier alpha value is -4.64. The van der Waals surface area contributed by atoms with Crippen LogP contribution in [0.5, 0.6) is 0 Å². The molecule has 0 saturated carbocycles. The molecule has 0 radical (unpaired) electrons. The Labute approximate surface area is 258 Å². The van der Waals surface area contributed by atoms with Gasteiger partial charge < -0.3 is 11.1 Å². The van der Waals surface area contributed by atoms with E-state index < -0.39 is 23.7 Å². The second-order valence-corrected chi connectivity index (χ2v) is 11.5. The summed E-state index contributed by atoms with van der Waals surface area (Å²) in [5.41, 5.74) is 6.75. The summed E-state index contributed by atoms with van der Waals surface area (Å²) in [5, 5.41) is 16.1. The number of nitrogens with one attached hydrogen (secondary N) is 1. The lowest BCUT2D eigenvalue weighted by Crippen LogP contribution is -2.17. The predicted octanol–water partition coefficient (Wildman–Crippen LogP) is 5.55. The summed E-state index contributed by atoms with van der Waals surface area (Å²) in [6.07, 6.45) is 0.192. The van der Waals surface area contributed by atoms with Crippen LogP contribution in [0.2, 0.25) is 0 Å².